The van der Waals surface area contributed by atoms with Crippen molar-refractivity contribution in [1.82, 2.24) is 25.2 Å². The zero-order chi connectivity index (χ0) is 18.8. The van der Waals surface area contributed by atoms with Crippen molar-refractivity contribution in [3.05, 3.63) is 47.8 Å². The number of hydrogen-bond acceptors (Lipinski definition) is 5. The first-order chi connectivity index (χ1) is 13.1. The molecule has 4 heterocycles. The summed E-state index contributed by atoms with van der Waals surface area (Å²) in [5.41, 5.74) is 6.53. The highest BCUT2D eigenvalue weighted by Gasteiger charge is 2.43. The number of carbonyl (C=O) groups is 2. The molecule has 1 aromatic carbocycles. The van der Waals surface area contributed by atoms with Crippen LogP contribution in [0.5, 0.6) is 0 Å². The number of nitrogens with one attached hydrogen (secondary N) is 1. The smallest absolute Gasteiger partial charge is 0.270 e. The van der Waals surface area contributed by atoms with E-state index in [1.54, 1.807) is 10.9 Å². The molecule has 2 aromatic rings. The minimum atomic E-state index is -0.568. The van der Waals surface area contributed by atoms with Crippen molar-refractivity contribution in [2.75, 3.05) is 13.1 Å². The van der Waals surface area contributed by atoms with Gasteiger partial charge in [-0.15, -0.1) is 5.10 Å². The second kappa shape index (κ2) is 7.48. The Labute approximate surface area is 157 Å². The number of primary amides is 1. The van der Waals surface area contributed by atoms with E-state index in [1.165, 1.54) is 0 Å². The molecule has 0 radical (unpaired) electrons. The Morgan fingerprint density at radius 3 is 2.74 bits per heavy atom. The summed E-state index contributed by atoms with van der Waals surface area (Å²) < 4.78 is 1.68. The van der Waals surface area contributed by atoms with Gasteiger partial charge in [-0.1, -0.05) is 35.5 Å². The van der Waals surface area contributed by atoms with Crippen LogP contribution in [0.2, 0.25) is 0 Å². The molecule has 4 atom stereocenters. The molecule has 8 nitrogen and oxygen atoms in total. The second-order valence-corrected chi connectivity index (χ2v) is 7.43. The lowest BCUT2D eigenvalue weighted by molar-refractivity contribution is -0.133. The maximum absolute atomic E-state index is 12.7. The molecule has 2 amide bonds. The number of hydrogen-bond donors (Lipinski definition) is 2. The fourth-order valence-corrected chi connectivity index (χ4v) is 4.26. The van der Waals surface area contributed by atoms with E-state index >= 15 is 0 Å². The number of nitrogens with two attached hydrogens (primary N) is 1. The van der Waals surface area contributed by atoms with E-state index in [1.807, 2.05) is 30.3 Å². The van der Waals surface area contributed by atoms with Crippen molar-refractivity contribution in [2.24, 2.45) is 17.6 Å². The van der Waals surface area contributed by atoms with Gasteiger partial charge in [-0.25, -0.2) is 0 Å². The maximum atomic E-state index is 12.7. The zero-order valence-corrected chi connectivity index (χ0v) is 15.1. The monoisotopic (exact) mass is 368 g/mol. The maximum Gasteiger partial charge on any atom is 0.270 e. The van der Waals surface area contributed by atoms with Crippen LogP contribution in [-0.4, -0.2) is 50.8 Å². The first-order valence-corrected chi connectivity index (χ1v) is 9.36. The zero-order valence-electron chi connectivity index (χ0n) is 15.1. The Morgan fingerprint density at radius 2 is 2.07 bits per heavy atom. The minimum absolute atomic E-state index is 0.0376. The van der Waals surface area contributed by atoms with Crippen molar-refractivity contribution in [3.8, 4) is 0 Å². The van der Waals surface area contributed by atoms with Crippen LogP contribution in [0.15, 0.2) is 36.5 Å². The fourth-order valence-electron chi connectivity index (χ4n) is 4.26. The van der Waals surface area contributed by atoms with Crippen LogP contribution >= 0.6 is 0 Å². The van der Waals surface area contributed by atoms with Gasteiger partial charge >= 0.3 is 0 Å². The third-order valence-corrected chi connectivity index (χ3v) is 5.71. The largest absolute Gasteiger partial charge is 0.364 e. The van der Waals surface area contributed by atoms with Gasteiger partial charge in [0, 0.05) is 19.1 Å². The van der Waals surface area contributed by atoms with Crippen LogP contribution in [0, 0.1) is 11.8 Å². The van der Waals surface area contributed by atoms with Crippen LogP contribution in [-0.2, 0) is 17.9 Å². The van der Waals surface area contributed by atoms with Crippen LogP contribution in [0.3, 0.4) is 0 Å². The fraction of sp³-hybridized carbons (Fsp3) is 0.474. The summed E-state index contributed by atoms with van der Waals surface area (Å²) in [6.07, 6.45) is 3.59. The summed E-state index contributed by atoms with van der Waals surface area (Å²) in [5.74, 6) is -0.00353. The molecule has 1 aromatic heterocycles. The lowest BCUT2D eigenvalue weighted by Crippen LogP contribution is -2.58. The van der Waals surface area contributed by atoms with Crippen LogP contribution in [0.25, 0.3) is 0 Å². The Hall–Kier alpha value is -2.74. The first-order valence-electron chi connectivity index (χ1n) is 9.36. The van der Waals surface area contributed by atoms with Crippen molar-refractivity contribution in [1.29, 1.82) is 0 Å². The molecule has 27 heavy (non-hydrogen) atoms. The van der Waals surface area contributed by atoms with Gasteiger partial charge in [0.2, 0.25) is 5.91 Å². The van der Waals surface area contributed by atoms with Gasteiger partial charge < -0.3 is 11.1 Å². The third kappa shape index (κ3) is 3.85. The summed E-state index contributed by atoms with van der Waals surface area (Å²) in [4.78, 5) is 26.2. The van der Waals surface area contributed by atoms with Crippen LogP contribution < -0.4 is 11.1 Å². The van der Waals surface area contributed by atoms with Crippen molar-refractivity contribution in [3.63, 3.8) is 0 Å². The number of amides is 2. The first kappa shape index (κ1) is 17.7. The molecule has 2 bridgehead atoms. The molecule has 0 aliphatic carbocycles. The summed E-state index contributed by atoms with van der Waals surface area (Å²) in [6.45, 7) is 3.00. The normalized spacial score (nSPS) is 26.7. The van der Waals surface area contributed by atoms with Gasteiger partial charge in [0.15, 0.2) is 5.69 Å². The molecule has 142 valence electrons. The average molecular weight is 368 g/mol. The number of carbonyl (C=O) groups excluding carboxylic acids is 2. The number of aromatic nitrogens is 3. The van der Waals surface area contributed by atoms with E-state index in [2.05, 4.69) is 20.5 Å². The number of rotatable bonds is 6. The molecular weight excluding hydrogens is 344 g/mol. The summed E-state index contributed by atoms with van der Waals surface area (Å²) in [5, 5.41) is 10.9. The molecule has 3 fully saturated rings. The van der Waals surface area contributed by atoms with Gasteiger partial charge in [0.1, 0.15) is 0 Å². The lowest BCUT2D eigenvalue weighted by Gasteiger charge is -2.49. The molecule has 3 aliphatic rings. The van der Waals surface area contributed by atoms with Gasteiger partial charge in [0.25, 0.3) is 5.91 Å². The van der Waals surface area contributed by atoms with E-state index in [4.69, 9.17) is 5.73 Å². The van der Waals surface area contributed by atoms with Crippen molar-refractivity contribution < 1.29 is 9.59 Å². The highest BCUT2D eigenvalue weighted by Crippen LogP contribution is 2.36. The highest BCUT2D eigenvalue weighted by molar-refractivity contribution is 5.90. The molecular formula is C19H24N6O2. The van der Waals surface area contributed by atoms with Gasteiger partial charge in [0.05, 0.1) is 18.7 Å². The number of benzene rings is 1. The van der Waals surface area contributed by atoms with Crippen LogP contribution in [0.1, 0.15) is 28.9 Å². The predicted octanol–water partition coefficient (Wildman–Crippen LogP) is 0.404. The van der Waals surface area contributed by atoms with Crippen LogP contribution in [0.4, 0.5) is 0 Å². The molecule has 3 N–H and O–H groups in total. The van der Waals surface area contributed by atoms with Crippen molar-refractivity contribution >= 4 is 11.8 Å². The highest BCUT2D eigenvalue weighted by atomic mass is 16.2. The summed E-state index contributed by atoms with van der Waals surface area (Å²) in [6, 6.07) is 10.3. The van der Waals surface area contributed by atoms with E-state index in [0.29, 0.717) is 25.0 Å². The molecule has 0 spiro atoms. The molecule has 3 saturated heterocycles. The van der Waals surface area contributed by atoms with E-state index < -0.39 is 5.91 Å². The third-order valence-electron chi connectivity index (χ3n) is 5.71. The number of nitrogens with zero attached hydrogens (tertiary/aromatic N) is 4. The Bertz CT molecular complexity index is 821. The lowest BCUT2D eigenvalue weighted by atomic mass is 9.75. The number of fused-ring (bicyclic) bond motifs is 3. The predicted molar refractivity (Wildman–Crippen MR) is 98.4 cm³/mol. The van der Waals surface area contributed by atoms with Gasteiger partial charge in [-0.3, -0.25) is 19.2 Å². The van der Waals surface area contributed by atoms with E-state index in [0.717, 1.165) is 31.5 Å². The summed E-state index contributed by atoms with van der Waals surface area (Å²) >= 11 is 0. The molecule has 5 rings (SSSR count). The SMILES string of the molecule is NC(=O)c1cn(C[C@H]2C[C@@H]3CCN2C[C@@H]3C(=O)NCc2ccccc2)nn1. The average Bonchev–Trinajstić information content (AvgIpc) is 3.16. The molecule has 0 saturated carbocycles. The Balaban J connectivity index is 1.34. The standard InChI is InChI=1S/C19H24N6O2/c20-18(26)17-12-25(23-22-17)10-15-8-14-6-7-24(15)11-16(14)19(27)21-9-13-4-2-1-3-5-13/h1-5,12,14-16H,6-11H2,(H2,20,26)(H,21,27)/t14-,15+,16-/m0/s1. The van der Waals surface area contributed by atoms with Gasteiger partial charge in [-0.05, 0) is 30.9 Å². The topological polar surface area (TPSA) is 106 Å². The second-order valence-electron chi connectivity index (χ2n) is 7.43. The summed E-state index contributed by atoms with van der Waals surface area (Å²) in [7, 11) is 0. The molecule has 8 heteroatoms. The van der Waals surface area contributed by atoms with E-state index in [9.17, 15) is 9.59 Å². The Morgan fingerprint density at radius 1 is 1.26 bits per heavy atom. The molecule has 3 aliphatic heterocycles. The number of piperidine rings is 3. The Kier molecular flexibility index (Phi) is 4.89. The van der Waals surface area contributed by atoms with E-state index in [-0.39, 0.29) is 17.5 Å². The van der Waals surface area contributed by atoms with Gasteiger partial charge in [-0.2, -0.15) is 0 Å². The quantitative estimate of drug-likeness (QED) is 0.768. The van der Waals surface area contributed by atoms with Crippen molar-refractivity contribution in [2.45, 2.75) is 32.0 Å². The minimum Gasteiger partial charge on any atom is -0.364 e. The molecule has 1 unspecified atom stereocenters.